The number of ether oxygens (including phenoxy) is 1. The van der Waals surface area contributed by atoms with Crippen molar-refractivity contribution in [3.8, 4) is 5.75 Å². The Morgan fingerprint density at radius 1 is 1.43 bits per heavy atom. The molecule has 0 spiro atoms. The molecule has 0 amide bonds. The fourth-order valence-corrected chi connectivity index (χ4v) is 3.40. The Balaban J connectivity index is 1.86. The second-order valence-electron chi connectivity index (χ2n) is 5.65. The molecule has 4 heteroatoms. The number of hydrogen-bond acceptors (Lipinski definition) is 2. The first-order chi connectivity index (χ1) is 10.2. The summed E-state index contributed by atoms with van der Waals surface area (Å²) in [6, 6.07) is 8.80. The van der Waals surface area contributed by atoms with Gasteiger partial charge in [-0.05, 0) is 36.2 Å². The molecule has 3 nitrogen and oxygen atoms in total. The number of halogens is 1. The number of hydrogen-bond donors (Lipinski definition) is 1. The molecule has 2 N–H and O–H groups in total. The van der Waals surface area contributed by atoms with Gasteiger partial charge in [-0.25, -0.2) is 0 Å². The summed E-state index contributed by atoms with van der Waals surface area (Å²) in [5, 5.41) is 0. The van der Waals surface area contributed by atoms with Crippen LogP contribution in [0.5, 0.6) is 5.75 Å². The summed E-state index contributed by atoms with van der Waals surface area (Å²) in [6.45, 7) is 3.76. The molecule has 1 unspecified atom stereocenters. The molecule has 0 radical (unpaired) electrons. The molecule has 1 aromatic carbocycles. The van der Waals surface area contributed by atoms with E-state index in [9.17, 15) is 0 Å². The SMILES string of the molecule is CCC(N)Cc1cccn1Cc1cc(Br)cc2c1OCC2. The summed E-state index contributed by atoms with van der Waals surface area (Å²) in [5.74, 6) is 1.07. The average molecular weight is 349 g/mol. The third-order valence-electron chi connectivity index (χ3n) is 4.09. The van der Waals surface area contributed by atoms with Crippen molar-refractivity contribution in [2.75, 3.05) is 6.61 Å². The van der Waals surface area contributed by atoms with Gasteiger partial charge in [0, 0.05) is 40.8 Å². The van der Waals surface area contributed by atoms with E-state index in [1.807, 2.05) is 0 Å². The number of aromatic nitrogens is 1. The highest BCUT2D eigenvalue weighted by molar-refractivity contribution is 9.10. The van der Waals surface area contributed by atoms with Gasteiger partial charge in [0.2, 0.25) is 0 Å². The Morgan fingerprint density at radius 3 is 3.10 bits per heavy atom. The number of nitrogens with two attached hydrogens (primary N) is 1. The van der Waals surface area contributed by atoms with Gasteiger partial charge in [0.05, 0.1) is 13.2 Å². The molecule has 21 heavy (non-hydrogen) atoms. The highest BCUT2D eigenvalue weighted by Crippen LogP contribution is 2.33. The predicted molar refractivity (Wildman–Crippen MR) is 88.8 cm³/mol. The van der Waals surface area contributed by atoms with Crippen LogP contribution in [0.25, 0.3) is 0 Å². The van der Waals surface area contributed by atoms with Gasteiger partial charge < -0.3 is 15.0 Å². The van der Waals surface area contributed by atoms with Gasteiger partial charge in [0.15, 0.2) is 0 Å². The zero-order valence-electron chi connectivity index (χ0n) is 12.3. The standard InChI is InChI=1S/C17H21BrN2O/c1-2-15(19)10-16-4-3-6-20(16)11-13-9-14(18)8-12-5-7-21-17(12)13/h3-4,6,8-9,15H,2,5,7,10-11,19H2,1H3. The molecule has 112 valence electrons. The molecule has 0 saturated heterocycles. The van der Waals surface area contributed by atoms with Gasteiger partial charge >= 0.3 is 0 Å². The van der Waals surface area contributed by atoms with Crippen LogP contribution in [0.3, 0.4) is 0 Å². The monoisotopic (exact) mass is 348 g/mol. The number of benzene rings is 1. The van der Waals surface area contributed by atoms with Crippen LogP contribution >= 0.6 is 15.9 Å². The topological polar surface area (TPSA) is 40.2 Å². The average Bonchev–Trinajstić information content (AvgIpc) is 3.08. The fraction of sp³-hybridized carbons (Fsp3) is 0.412. The smallest absolute Gasteiger partial charge is 0.127 e. The molecule has 2 heterocycles. The highest BCUT2D eigenvalue weighted by Gasteiger charge is 2.18. The second kappa shape index (κ2) is 6.24. The number of fused-ring (bicyclic) bond motifs is 1. The van der Waals surface area contributed by atoms with Crippen LogP contribution in [0.15, 0.2) is 34.9 Å². The highest BCUT2D eigenvalue weighted by atomic mass is 79.9. The van der Waals surface area contributed by atoms with Crippen LogP contribution in [0.4, 0.5) is 0 Å². The summed E-state index contributed by atoms with van der Waals surface area (Å²) in [5.41, 5.74) is 9.92. The van der Waals surface area contributed by atoms with Crippen LogP contribution in [-0.2, 0) is 19.4 Å². The molecule has 1 aliphatic heterocycles. The van der Waals surface area contributed by atoms with E-state index >= 15 is 0 Å². The van der Waals surface area contributed by atoms with Gasteiger partial charge in [-0.3, -0.25) is 0 Å². The minimum Gasteiger partial charge on any atom is -0.493 e. The Labute approximate surface area is 134 Å². The lowest BCUT2D eigenvalue weighted by molar-refractivity contribution is 0.352. The molecule has 1 aromatic heterocycles. The maximum Gasteiger partial charge on any atom is 0.127 e. The van der Waals surface area contributed by atoms with Crippen LogP contribution in [0.1, 0.15) is 30.2 Å². The quantitative estimate of drug-likeness (QED) is 0.897. The van der Waals surface area contributed by atoms with E-state index in [0.29, 0.717) is 0 Å². The van der Waals surface area contributed by atoms with Gasteiger partial charge in [0.1, 0.15) is 5.75 Å². The van der Waals surface area contributed by atoms with Crippen molar-refractivity contribution in [2.24, 2.45) is 5.73 Å². The molecule has 2 aromatic rings. The molecule has 1 atom stereocenters. The summed E-state index contributed by atoms with van der Waals surface area (Å²) >= 11 is 3.61. The summed E-state index contributed by atoms with van der Waals surface area (Å²) in [4.78, 5) is 0. The minimum atomic E-state index is 0.225. The van der Waals surface area contributed by atoms with Crippen molar-refractivity contribution in [3.05, 3.63) is 51.8 Å². The molecule has 0 bridgehead atoms. The Kier molecular flexibility index (Phi) is 4.36. The molecule has 0 saturated carbocycles. The lowest BCUT2D eigenvalue weighted by Gasteiger charge is -2.15. The van der Waals surface area contributed by atoms with Gasteiger partial charge in [-0.1, -0.05) is 22.9 Å². The van der Waals surface area contributed by atoms with Gasteiger partial charge in [-0.2, -0.15) is 0 Å². The number of nitrogens with zero attached hydrogens (tertiary/aromatic N) is 1. The summed E-state index contributed by atoms with van der Waals surface area (Å²) in [7, 11) is 0. The normalized spacial score (nSPS) is 14.8. The van der Waals surface area contributed by atoms with Crippen molar-refractivity contribution in [2.45, 2.75) is 38.8 Å². The van der Waals surface area contributed by atoms with Gasteiger partial charge in [-0.15, -0.1) is 0 Å². The van der Waals surface area contributed by atoms with Crippen molar-refractivity contribution in [1.29, 1.82) is 0 Å². The second-order valence-corrected chi connectivity index (χ2v) is 6.57. The molecule has 0 aliphatic carbocycles. The number of rotatable bonds is 5. The Morgan fingerprint density at radius 2 is 2.29 bits per heavy atom. The van der Waals surface area contributed by atoms with Crippen LogP contribution < -0.4 is 10.5 Å². The first-order valence-corrected chi connectivity index (χ1v) is 8.30. The van der Waals surface area contributed by atoms with E-state index in [0.717, 1.165) is 42.6 Å². The zero-order valence-corrected chi connectivity index (χ0v) is 13.9. The largest absolute Gasteiger partial charge is 0.493 e. The summed E-state index contributed by atoms with van der Waals surface area (Å²) in [6.07, 6.45) is 5.04. The van der Waals surface area contributed by atoms with Crippen molar-refractivity contribution in [3.63, 3.8) is 0 Å². The minimum absolute atomic E-state index is 0.225. The van der Waals surface area contributed by atoms with Crippen LogP contribution in [0.2, 0.25) is 0 Å². The molecule has 3 rings (SSSR count). The van der Waals surface area contributed by atoms with E-state index in [-0.39, 0.29) is 6.04 Å². The Bertz CT molecular complexity index is 636. The third kappa shape index (κ3) is 3.16. The van der Waals surface area contributed by atoms with E-state index in [1.165, 1.54) is 16.8 Å². The lowest BCUT2D eigenvalue weighted by atomic mass is 10.1. The fourth-order valence-electron chi connectivity index (χ4n) is 2.85. The van der Waals surface area contributed by atoms with Crippen LogP contribution in [0, 0.1) is 0 Å². The molecule has 0 fully saturated rings. The van der Waals surface area contributed by atoms with E-state index < -0.39 is 0 Å². The first-order valence-electron chi connectivity index (χ1n) is 7.51. The van der Waals surface area contributed by atoms with Crippen molar-refractivity contribution < 1.29 is 4.74 Å². The summed E-state index contributed by atoms with van der Waals surface area (Å²) < 4.78 is 9.22. The molecular weight excluding hydrogens is 328 g/mol. The lowest BCUT2D eigenvalue weighted by Crippen LogP contribution is -2.23. The third-order valence-corrected chi connectivity index (χ3v) is 4.54. The van der Waals surface area contributed by atoms with E-state index in [2.05, 4.69) is 57.9 Å². The molecular formula is C17H21BrN2O. The molecule has 1 aliphatic rings. The van der Waals surface area contributed by atoms with E-state index in [4.69, 9.17) is 10.5 Å². The maximum absolute atomic E-state index is 6.10. The van der Waals surface area contributed by atoms with Crippen molar-refractivity contribution in [1.82, 2.24) is 4.57 Å². The first kappa shape index (κ1) is 14.7. The Hall–Kier alpha value is -1.26. The maximum atomic E-state index is 6.10. The predicted octanol–water partition coefficient (Wildman–Crippen LogP) is 3.51. The zero-order chi connectivity index (χ0) is 14.8. The van der Waals surface area contributed by atoms with Crippen LogP contribution in [-0.4, -0.2) is 17.2 Å². The van der Waals surface area contributed by atoms with Gasteiger partial charge in [0.25, 0.3) is 0 Å². The van der Waals surface area contributed by atoms with E-state index in [1.54, 1.807) is 0 Å². The van der Waals surface area contributed by atoms with Crippen molar-refractivity contribution >= 4 is 15.9 Å².